The summed E-state index contributed by atoms with van der Waals surface area (Å²) in [5.41, 5.74) is 8.49. The Labute approximate surface area is 114 Å². The molecule has 2 aromatic heterocycles. The van der Waals surface area contributed by atoms with Gasteiger partial charge >= 0.3 is 0 Å². The summed E-state index contributed by atoms with van der Waals surface area (Å²) in [4.78, 5) is 16.3. The lowest BCUT2D eigenvalue weighted by Crippen LogP contribution is -2.09. The largest absolute Gasteiger partial charge is 0.365 e. The van der Waals surface area contributed by atoms with Gasteiger partial charge < -0.3 is 5.73 Å². The Morgan fingerprint density at radius 3 is 2.63 bits per heavy atom. The van der Waals surface area contributed by atoms with E-state index in [0.29, 0.717) is 4.88 Å². The van der Waals surface area contributed by atoms with Gasteiger partial charge in [-0.1, -0.05) is 30.3 Å². The van der Waals surface area contributed by atoms with E-state index in [0.717, 1.165) is 26.8 Å². The van der Waals surface area contributed by atoms with Crippen molar-refractivity contribution in [3.63, 3.8) is 0 Å². The van der Waals surface area contributed by atoms with Gasteiger partial charge in [0.05, 0.1) is 9.58 Å². The van der Waals surface area contributed by atoms with Crippen LogP contribution in [0.25, 0.3) is 21.2 Å². The Bertz CT molecular complexity index is 762. The molecule has 0 aliphatic rings. The molecule has 0 aliphatic carbocycles. The average Bonchev–Trinajstić information content (AvgIpc) is 2.78. The molecule has 4 heteroatoms. The number of thiophene rings is 1. The number of hydrogen-bond donors (Lipinski definition) is 1. The number of hydrogen-bond acceptors (Lipinski definition) is 3. The first-order chi connectivity index (χ1) is 9.18. The van der Waals surface area contributed by atoms with Gasteiger partial charge in [0, 0.05) is 23.3 Å². The SMILES string of the molecule is Cc1c(C(N)=O)sc2cncc(-c3ccccc3)c12. The molecule has 2 N–H and O–H groups in total. The molecule has 0 radical (unpaired) electrons. The summed E-state index contributed by atoms with van der Waals surface area (Å²) < 4.78 is 0.993. The zero-order chi connectivity index (χ0) is 13.4. The number of aryl methyl sites for hydroxylation is 1. The van der Waals surface area contributed by atoms with Crippen LogP contribution in [0.5, 0.6) is 0 Å². The number of pyridine rings is 1. The summed E-state index contributed by atoms with van der Waals surface area (Å²) in [7, 11) is 0. The smallest absolute Gasteiger partial charge is 0.259 e. The van der Waals surface area contributed by atoms with Gasteiger partial charge in [0.1, 0.15) is 0 Å². The molecule has 1 aromatic carbocycles. The highest BCUT2D eigenvalue weighted by atomic mass is 32.1. The molecule has 3 aromatic rings. The predicted molar refractivity (Wildman–Crippen MR) is 78.3 cm³/mol. The van der Waals surface area contributed by atoms with E-state index in [4.69, 9.17) is 5.73 Å². The minimum absolute atomic E-state index is 0.377. The summed E-state index contributed by atoms with van der Waals surface area (Å²) in [6.07, 6.45) is 3.62. The van der Waals surface area contributed by atoms with Gasteiger partial charge in [0.15, 0.2) is 0 Å². The molecular formula is C15H12N2OS. The van der Waals surface area contributed by atoms with Crippen LogP contribution < -0.4 is 5.73 Å². The minimum Gasteiger partial charge on any atom is -0.365 e. The Balaban J connectivity index is 2.35. The number of nitrogens with two attached hydrogens (primary N) is 1. The van der Waals surface area contributed by atoms with Gasteiger partial charge in [-0.25, -0.2) is 0 Å². The molecule has 2 heterocycles. The molecule has 3 nitrogen and oxygen atoms in total. The third-order valence-corrected chi connectivity index (χ3v) is 4.39. The molecule has 0 fully saturated rings. The lowest BCUT2D eigenvalue weighted by molar-refractivity contribution is 0.100. The average molecular weight is 268 g/mol. The second-order valence-electron chi connectivity index (χ2n) is 4.35. The molecule has 94 valence electrons. The van der Waals surface area contributed by atoms with E-state index in [-0.39, 0.29) is 5.91 Å². The standard InChI is InChI=1S/C15H12N2OS/c1-9-13-11(10-5-3-2-4-6-10)7-17-8-12(13)19-14(9)15(16)18/h2-8H,1H3,(H2,16,18). The van der Waals surface area contributed by atoms with E-state index >= 15 is 0 Å². The van der Waals surface area contributed by atoms with Crippen LogP contribution in [0.3, 0.4) is 0 Å². The van der Waals surface area contributed by atoms with Gasteiger partial charge in [0.25, 0.3) is 5.91 Å². The number of rotatable bonds is 2. The fourth-order valence-electron chi connectivity index (χ4n) is 2.28. The third kappa shape index (κ3) is 1.90. The fraction of sp³-hybridized carbons (Fsp3) is 0.0667. The van der Waals surface area contributed by atoms with Crippen LogP contribution >= 0.6 is 11.3 Å². The molecule has 3 rings (SSSR count). The predicted octanol–water partition coefficient (Wildman–Crippen LogP) is 3.37. The molecule has 1 amide bonds. The van der Waals surface area contributed by atoms with Crippen molar-refractivity contribution in [2.75, 3.05) is 0 Å². The zero-order valence-electron chi connectivity index (χ0n) is 10.4. The molecule has 0 atom stereocenters. The van der Waals surface area contributed by atoms with E-state index in [2.05, 4.69) is 4.98 Å². The molecule has 19 heavy (non-hydrogen) atoms. The van der Waals surface area contributed by atoms with Gasteiger partial charge in [-0.3, -0.25) is 9.78 Å². The molecule has 0 aliphatic heterocycles. The van der Waals surface area contributed by atoms with Gasteiger partial charge in [-0.2, -0.15) is 0 Å². The first-order valence-electron chi connectivity index (χ1n) is 5.91. The van der Waals surface area contributed by atoms with Crippen molar-refractivity contribution in [1.82, 2.24) is 4.98 Å². The van der Waals surface area contributed by atoms with Crippen LogP contribution in [0.15, 0.2) is 42.7 Å². The summed E-state index contributed by atoms with van der Waals surface area (Å²) in [6.45, 7) is 1.94. The van der Waals surface area contributed by atoms with Crippen LogP contribution in [-0.4, -0.2) is 10.9 Å². The summed E-state index contributed by atoms with van der Waals surface area (Å²) in [6, 6.07) is 10.0. The number of benzene rings is 1. The molecule has 0 saturated carbocycles. The molecule has 0 bridgehead atoms. The first kappa shape index (κ1) is 11.9. The van der Waals surface area contributed by atoms with Crippen molar-refractivity contribution in [2.45, 2.75) is 6.92 Å². The van der Waals surface area contributed by atoms with Crippen LogP contribution in [0.2, 0.25) is 0 Å². The van der Waals surface area contributed by atoms with E-state index in [1.54, 1.807) is 6.20 Å². The summed E-state index contributed by atoms with van der Waals surface area (Å²) in [5.74, 6) is -0.377. The second-order valence-corrected chi connectivity index (χ2v) is 5.40. The zero-order valence-corrected chi connectivity index (χ0v) is 11.2. The first-order valence-corrected chi connectivity index (χ1v) is 6.72. The van der Waals surface area contributed by atoms with E-state index < -0.39 is 0 Å². The highest BCUT2D eigenvalue weighted by Crippen LogP contribution is 2.36. The van der Waals surface area contributed by atoms with Crippen LogP contribution in [-0.2, 0) is 0 Å². The fourth-order valence-corrected chi connectivity index (χ4v) is 3.33. The van der Waals surface area contributed by atoms with Gasteiger partial charge in [-0.15, -0.1) is 11.3 Å². The highest BCUT2D eigenvalue weighted by Gasteiger charge is 2.16. The number of fused-ring (bicyclic) bond motifs is 1. The number of primary amides is 1. The quantitative estimate of drug-likeness (QED) is 0.774. The monoisotopic (exact) mass is 268 g/mol. The van der Waals surface area contributed by atoms with Gasteiger partial charge in [-0.05, 0) is 18.1 Å². The lowest BCUT2D eigenvalue weighted by atomic mass is 10.0. The van der Waals surface area contributed by atoms with E-state index in [1.165, 1.54) is 11.3 Å². The number of amides is 1. The Hall–Kier alpha value is -2.20. The minimum atomic E-state index is -0.377. The highest BCUT2D eigenvalue weighted by molar-refractivity contribution is 7.21. The number of nitrogens with zero attached hydrogens (tertiary/aromatic N) is 1. The topological polar surface area (TPSA) is 56.0 Å². The third-order valence-electron chi connectivity index (χ3n) is 3.15. The van der Waals surface area contributed by atoms with Crippen molar-refractivity contribution in [1.29, 1.82) is 0 Å². The lowest BCUT2D eigenvalue weighted by Gasteiger charge is -2.04. The summed E-state index contributed by atoms with van der Waals surface area (Å²) in [5, 5.41) is 1.07. The molecule has 0 saturated heterocycles. The van der Waals surface area contributed by atoms with E-state index in [9.17, 15) is 4.79 Å². The van der Waals surface area contributed by atoms with Crippen molar-refractivity contribution in [3.05, 3.63) is 53.2 Å². The van der Waals surface area contributed by atoms with Gasteiger partial charge in [0.2, 0.25) is 0 Å². The summed E-state index contributed by atoms with van der Waals surface area (Å²) >= 11 is 1.40. The van der Waals surface area contributed by atoms with Crippen molar-refractivity contribution < 1.29 is 4.79 Å². The van der Waals surface area contributed by atoms with E-state index in [1.807, 2.05) is 43.5 Å². The Morgan fingerprint density at radius 1 is 1.21 bits per heavy atom. The molecule has 0 unspecified atom stereocenters. The maximum atomic E-state index is 11.5. The molecule has 0 spiro atoms. The maximum Gasteiger partial charge on any atom is 0.259 e. The number of carbonyl (C=O) groups is 1. The second kappa shape index (κ2) is 4.48. The number of carbonyl (C=O) groups excluding carboxylic acids is 1. The Kier molecular flexibility index (Phi) is 2.80. The number of aromatic nitrogens is 1. The van der Waals surface area contributed by atoms with Crippen molar-refractivity contribution in [3.8, 4) is 11.1 Å². The Morgan fingerprint density at radius 2 is 1.95 bits per heavy atom. The van der Waals surface area contributed by atoms with Crippen LogP contribution in [0.1, 0.15) is 15.2 Å². The molecular weight excluding hydrogens is 256 g/mol. The van der Waals surface area contributed by atoms with Crippen molar-refractivity contribution in [2.24, 2.45) is 5.73 Å². The van der Waals surface area contributed by atoms with Crippen molar-refractivity contribution >= 4 is 27.3 Å². The normalized spacial score (nSPS) is 10.8. The van der Waals surface area contributed by atoms with Crippen LogP contribution in [0.4, 0.5) is 0 Å². The maximum absolute atomic E-state index is 11.5. The van der Waals surface area contributed by atoms with Crippen LogP contribution in [0, 0.1) is 6.92 Å².